The summed E-state index contributed by atoms with van der Waals surface area (Å²) in [5.41, 5.74) is 2.01. The maximum absolute atomic E-state index is 12.6. The zero-order valence-electron chi connectivity index (χ0n) is 16.9. The number of nitrogens with zero attached hydrogens (tertiary/aromatic N) is 2. The van der Waals surface area contributed by atoms with Gasteiger partial charge in [-0.2, -0.15) is 4.31 Å². The Morgan fingerprint density at radius 3 is 2.34 bits per heavy atom. The molecule has 2 N–H and O–H groups in total. The highest BCUT2D eigenvalue weighted by Crippen LogP contribution is 2.21. The van der Waals surface area contributed by atoms with Crippen molar-refractivity contribution in [3.05, 3.63) is 59.7 Å². The Kier molecular flexibility index (Phi) is 7.11. The Balaban J connectivity index is 1.56. The maximum Gasteiger partial charge on any atom is 0.243 e. The predicted molar refractivity (Wildman–Crippen MR) is 114 cm³/mol. The minimum atomic E-state index is -3.37. The number of benzene rings is 2. The number of ether oxygens (including phenoxy) is 1. The van der Waals surface area contributed by atoms with Crippen LogP contribution in [-0.2, 0) is 23.1 Å². The second-order valence-corrected chi connectivity index (χ2v) is 8.78. The molecular formula is C21H28N4O3S. The lowest BCUT2D eigenvalue weighted by molar-refractivity contribution is 0.409. The quantitative estimate of drug-likeness (QED) is 0.535. The monoisotopic (exact) mass is 416 g/mol. The number of aliphatic imine (C=N–C) groups is 1. The van der Waals surface area contributed by atoms with Crippen LogP contribution in [0.1, 0.15) is 24.0 Å². The van der Waals surface area contributed by atoms with Crippen LogP contribution in [0.5, 0.6) is 5.75 Å². The van der Waals surface area contributed by atoms with Gasteiger partial charge in [-0.25, -0.2) is 8.42 Å². The molecule has 0 aliphatic carbocycles. The summed E-state index contributed by atoms with van der Waals surface area (Å²) in [6, 6.07) is 14.8. The van der Waals surface area contributed by atoms with Crippen LogP contribution in [0.4, 0.5) is 0 Å². The lowest BCUT2D eigenvalue weighted by Crippen LogP contribution is -2.36. The summed E-state index contributed by atoms with van der Waals surface area (Å²) < 4.78 is 32.1. The number of nitrogens with one attached hydrogen (secondary N) is 2. The molecule has 0 spiro atoms. The van der Waals surface area contributed by atoms with E-state index in [0.717, 1.165) is 29.7 Å². The third-order valence-corrected chi connectivity index (χ3v) is 6.86. The summed E-state index contributed by atoms with van der Waals surface area (Å²) in [6.45, 7) is 2.34. The molecule has 0 bridgehead atoms. The number of sulfonamides is 1. The van der Waals surface area contributed by atoms with Gasteiger partial charge in [-0.05, 0) is 36.6 Å². The van der Waals surface area contributed by atoms with Crippen LogP contribution in [0.2, 0.25) is 0 Å². The lowest BCUT2D eigenvalue weighted by Gasteiger charge is -2.16. The van der Waals surface area contributed by atoms with Crippen molar-refractivity contribution in [3.8, 4) is 5.75 Å². The van der Waals surface area contributed by atoms with Crippen LogP contribution in [0.25, 0.3) is 0 Å². The molecule has 1 aliphatic rings. The largest absolute Gasteiger partial charge is 0.496 e. The molecule has 29 heavy (non-hydrogen) atoms. The molecule has 3 rings (SSSR count). The highest BCUT2D eigenvalue weighted by Gasteiger charge is 2.26. The van der Waals surface area contributed by atoms with Crippen LogP contribution >= 0.6 is 0 Å². The van der Waals surface area contributed by atoms with Crippen molar-refractivity contribution in [3.63, 3.8) is 0 Å². The van der Waals surface area contributed by atoms with E-state index >= 15 is 0 Å². The van der Waals surface area contributed by atoms with Crippen LogP contribution in [0, 0.1) is 0 Å². The SMILES string of the molecule is CN=C(NCc1ccc(S(=O)(=O)N2CCCC2)cc1)NCc1ccccc1OC. The van der Waals surface area contributed by atoms with E-state index in [1.165, 1.54) is 0 Å². The molecule has 8 heteroatoms. The van der Waals surface area contributed by atoms with Crippen LogP contribution in [0.3, 0.4) is 0 Å². The predicted octanol–water partition coefficient (Wildman–Crippen LogP) is 2.34. The molecule has 7 nitrogen and oxygen atoms in total. The van der Waals surface area contributed by atoms with E-state index in [9.17, 15) is 8.42 Å². The number of guanidine groups is 1. The zero-order chi connectivity index (χ0) is 20.7. The molecular weight excluding hydrogens is 388 g/mol. The van der Waals surface area contributed by atoms with Crippen LogP contribution in [-0.4, -0.2) is 45.9 Å². The Morgan fingerprint density at radius 1 is 1.03 bits per heavy atom. The fourth-order valence-corrected chi connectivity index (χ4v) is 4.81. The van der Waals surface area contributed by atoms with Gasteiger partial charge in [-0.15, -0.1) is 0 Å². The van der Waals surface area contributed by atoms with Crippen LogP contribution in [0.15, 0.2) is 58.4 Å². The number of hydrogen-bond acceptors (Lipinski definition) is 4. The zero-order valence-corrected chi connectivity index (χ0v) is 17.7. The summed E-state index contributed by atoms with van der Waals surface area (Å²) >= 11 is 0. The average Bonchev–Trinajstić information content (AvgIpc) is 3.30. The highest BCUT2D eigenvalue weighted by molar-refractivity contribution is 7.89. The summed E-state index contributed by atoms with van der Waals surface area (Å²) in [4.78, 5) is 4.58. The number of rotatable bonds is 7. The first kappa shape index (κ1) is 21.1. The van der Waals surface area contributed by atoms with Gasteiger partial charge < -0.3 is 15.4 Å². The Morgan fingerprint density at radius 2 is 1.69 bits per heavy atom. The fraction of sp³-hybridized carbons (Fsp3) is 0.381. The summed E-state index contributed by atoms with van der Waals surface area (Å²) in [5.74, 6) is 1.48. The Hall–Kier alpha value is -2.58. The average molecular weight is 417 g/mol. The second-order valence-electron chi connectivity index (χ2n) is 6.85. The van der Waals surface area contributed by atoms with Crippen LogP contribution < -0.4 is 15.4 Å². The molecule has 1 heterocycles. The number of methoxy groups -OCH3 is 1. The molecule has 0 radical (unpaired) electrons. The van der Waals surface area contributed by atoms with Gasteiger partial charge in [0.05, 0.1) is 12.0 Å². The van der Waals surface area contributed by atoms with Gasteiger partial charge in [0.25, 0.3) is 0 Å². The van der Waals surface area contributed by atoms with Gasteiger partial charge >= 0.3 is 0 Å². The minimum Gasteiger partial charge on any atom is -0.496 e. The standard InChI is InChI=1S/C21H28N4O3S/c1-22-21(24-16-18-7-3-4-8-20(18)28-2)23-15-17-9-11-19(12-10-17)29(26,27)25-13-5-6-14-25/h3-4,7-12H,5-6,13-16H2,1-2H3,(H2,22,23,24). The summed E-state index contributed by atoms with van der Waals surface area (Å²) in [7, 11) is -0.00844. The van der Waals surface area contributed by atoms with E-state index in [1.54, 1.807) is 30.6 Å². The van der Waals surface area contributed by atoms with E-state index in [4.69, 9.17) is 4.74 Å². The fourth-order valence-electron chi connectivity index (χ4n) is 3.29. The normalized spacial score (nSPS) is 15.3. The molecule has 0 unspecified atom stereocenters. The topological polar surface area (TPSA) is 83.0 Å². The van der Waals surface area contributed by atoms with Gasteiger partial charge in [-0.3, -0.25) is 4.99 Å². The van der Waals surface area contributed by atoms with Gasteiger partial charge in [0.15, 0.2) is 5.96 Å². The molecule has 2 aromatic carbocycles. The third-order valence-electron chi connectivity index (χ3n) is 4.95. The number of para-hydroxylation sites is 1. The van der Waals surface area contributed by atoms with Crippen molar-refractivity contribution in [2.45, 2.75) is 30.8 Å². The molecule has 2 aromatic rings. The molecule has 0 atom stereocenters. The van der Waals surface area contributed by atoms with E-state index in [1.807, 2.05) is 36.4 Å². The second kappa shape index (κ2) is 9.76. The summed E-state index contributed by atoms with van der Waals surface area (Å²) in [6.07, 6.45) is 1.87. The van der Waals surface area contributed by atoms with Crippen molar-refractivity contribution < 1.29 is 13.2 Å². The molecule has 1 saturated heterocycles. The molecule has 0 aromatic heterocycles. The van der Waals surface area contributed by atoms with Gasteiger partial charge in [-0.1, -0.05) is 30.3 Å². The van der Waals surface area contributed by atoms with Crippen molar-refractivity contribution in [1.82, 2.24) is 14.9 Å². The van der Waals surface area contributed by atoms with Gasteiger partial charge in [0.1, 0.15) is 5.75 Å². The van der Waals surface area contributed by atoms with Crippen molar-refractivity contribution in [2.75, 3.05) is 27.2 Å². The number of hydrogen-bond donors (Lipinski definition) is 2. The minimum absolute atomic E-state index is 0.349. The maximum atomic E-state index is 12.6. The van der Waals surface area contributed by atoms with E-state index in [2.05, 4.69) is 15.6 Å². The van der Waals surface area contributed by atoms with E-state index in [0.29, 0.717) is 37.0 Å². The molecule has 0 amide bonds. The van der Waals surface area contributed by atoms with E-state index in [-0.39, 0.29) is 0 Å². The van der Waals surface area contributed by atoms with Crippen molar-refractivity contribution in [2.24, 2.45) is 4.99 Å². The van der Waals surface area contributed by atoms with Gasteiger partial charge in [0, 0.05) is 38.8 Å². The van der Waals surface area contributed by atoms with Crippen molar-refractivity contribution in [1.29, 1.82) is 0 Å². The Bertz CT molecular complexity index is 937. The van der Waals surface area contributed by atoms with Gasteiger partial charge in [0.2, 0.25) is 10.0 Å². The first-order valence-corrected chi connectivity index (χ1v) is 11.1. The third kappa shape index (κ3) is 5.27. The highest BCUT2D eigenvalue weighted by atomic mass is 32.2. The molecule has 156 valence electrons. The lowest BCUT2D eigenvalue weighted by atomic mass is 10.2. The smallest absolute Gasteiger partial charge is 0.243 e. The first-order valence-electron chi connectivity index (χ1n) is 9.70. The molecule has 1 fully saturated rings. The first-order chi connectivity index (χ1) is 14.0. The van der Waals surface area contributed by atoms with E-state index < -0.39 is 10.0 Å². The van der Waals surface area contributed by atoms with Crippen molar-refractivity contribution >= 4 is 16.0 Å². The molecule has 1 aliphatic heterocycles. The summed E-state index contributed by atoms with van der Waals surface area (Å²) in [5, 5.41) is 6.50. The Labute approximate surface area is 172 Å². The molecule has 0 saturated carbocycles.